The molecule has 1 heterocycles. The number of hydrogen-bond acceptors (Lipinski definition) is 3. The van der Waals surface area contributed by atoms with Crippen LogP contribution in [0.15, 0.2) is 24.3 Å². The first-order chi connectivity index (χ1) is 10.1. The van der Waals surface area contributed by atoms with Crippen molar-refractivity contribution in [2.24, 2.45) is 5.92 Å². The highest BCUT2D eigenvalue weighted by atomic mass is 16.3. The second kappa shape index (κ2) is 7.22. The van der Waals surface area contributed by atoms with Gasteiger partial charge in [-0.3, -0.25) is 9.59 Å². The Morgan fingerprint density at radius 1 is 1.24 bits per heavy atom. The molecule has 1 aromatic carbocycles. The number of nitrogens with one attached hydrogen (secondary N) is 1. The van der Waals surface area contributed by atoms with E-state index in [4.69, 9.17) is 5.11 Å². The van der Waals surface area contributed by atoms with E-state index in [-0.39, 0.29) is 25.0 Å². The molecule has 0 unspecified atom stereocenters. The molecule has 114 valence electrons. The summed E-state index contributed by atoms with van der Waals surface area (Å²) in [5.74, 6) is 0.0108. The number of piperidine rings is 1. The number of carbonyl (C=O) groups is 2. The van der Waals surface area contributed by atoms with Gasteiger partial charge in [0.05, 0.1) is 6.54 Å². The van der Waals surface area contributed by atoms with E-state index in [0.717, 1.165) is 18.4 Å². The largest absolute Gasteiger partial charge is 0.396 e. The molecule has 1 fully saturated rings. The van der Waals surface area contributed by atoms with Gasteiger partial charge in [-0.15, -0.1) is 0 Å². The molecule has 0 atom stereocenters. The van der Waals surface area contributed by atoms with E-state index in [9.17, 15) is 9.59 Å². The Labute approximate surface area is 125 Å². The fourth-order valence-electron chi connectivity index (χ4n) is 2.44. The minimum absolute atomic E-state index is 0.0243. The molecule has 0 radical (unpaired) electrons. The topological polar surface area (TPSA) is 69.6 Å². The molecular weight excluding hydrogens is 268 g/mol. The summed E-state index contributed by atoms with van der Waals surface area (Å²) < 4.78 is 0. The third kappa shape index (κ3) is 4.29. The molecule has 1 aliphatic heterocycles. The number of aliphatic hydroxyl groups excluding tert-OH is 1. The number of hydrogen-bond donors (Lipinski definition) is 2. The number of aliphatic hydroxyl groups is 1. The standard InChI is InChI=1S/C16H22N2O3/c1-12-2-4-14(5-3-12)16(21)17-10-15(20)18-8-6-13(11-19)7-9-18/h2-5,13,19H,6-11H2,1H3,(H,17,21). The summed E-state index contributed by atoms with van der Waals surface area (Å²) in [4.78, 5) is 25.7. The van der Waals surface area contributed by atoms with Crippen molar-refractivity contribution in [3.63, 3.8) is 0 Å². The summed E-state index contributed by atoms with van der Waals surface area (Å²) in [6, 6.07) is 7.25. The number of rotatable bonds is 4. The molecule has 1 aromatic rings. The summed E-state index contributed by atoms with van der Waals surface area (Å²) in [5.41, 5.74) is 1.65. The lowest BCUT2D eigenvalue weighted by Gasteiger charge is -2.31. The second-order valence-corrected chi connectivity index (χ2v) is 5.56. The lowest BCUT2D eigenvalue weighted by molar-refractivity contribution is -0.131. The van der Waals surface area contributed by atoms with Crippen LogP contribution in [0.3, 0.4) is 0 Å². The van der Waals surface area contributed by atoms with Gasteiger partial charge in [-0.25, -0.2) is 0 Å². The fraction of sp³-hybridized carbons (Fsp3) is 0.500. The Balaban J connectivity index is 1.78. The van der Waals surface area contributed by atoms with Crippen LogP contribution in [0.1, 0.15) is 28.8 Å². The summed E-state index contributed by atoms with van der Waals surface area (Å²) in [6.07, 6.45) is 1.66. The lowest BCUT2D eigenvalue weighted by Crippen LogP contribution is -2.44. The zero-order chi connectivity index (χ0) is 15.2. The van der Waals surface area contributed by atoms with Crippen LogP contribution in [0.5, 0.6) is 0 Å². The molecule has 0 spiro atoms. The molecule has 0 saturated carbocycles. The minimum Gasteiger partial charge on any atom is -0.396 e. The van der Waals surface area contributed by atoms with E-state index in [2.05, 4.69) is 5.32 Å². The van der Waals surface area contributed by atoms with E-state index in [1.54, 1.807) is 17.0 Å². The van der Waals surface area contributed by atoms with Crippen LogP contribution in [0.2, 0.25) is 0 Å². The number of carbonyl (C=O) groups excluding carboxylic acids is 2. The Morgan fingerprint density at radius 2 is 1.86 bits per heavy atom. The molecule has 2 rings (SSSR count). The lowest BCUT2D eigenvalue weighted by atomic mass is 9.98. The minimum atomic E-state index is -0.228. The van der Waals surface area contributed by atoms with E-state index < -0.39 is 0 Å². The monoisotopic (exact) mass is 290 g/mol. The van der Waals surface area contributed by atoms with E-state index in [1.807, 2.05) is 19.1 Å². The summed E-state index contributed by atoms with van der Waals surface area (Å²) >= 11 is 0. The van der Waals surface area contributed by atoms with Crippen molar-refractivity contribution >= 4 is 11.8 Å². The maximum absolute atomic E-state index is 12.0. The maximum Gasteiger partial charge on any atom is 0.251 e. The average Bonchev–Trinajstić information content (AvgIpc) is 2.53. The maximum atomic E-state index is 12.0. The summed E-state index contributed by atoms with van der Waals surface area (Å²) in [5, 5.41) is 11.7. The summed E-state index contributed by atoms with van der Waals surface area (Å²) in [6.45, 7) is 3.48. The quantitative estimate of drug-likeness (QED) is 0.867. The van der Waals surface area contributed by atoms with Crippen molar-refractivity contribution in [2.45, 2.75) is 19.8 Å². The van der Waals surface area contributed by atoms with Crippen molar-refractivity contribution in [1.29, 1.82) is 0 Å². The number of aryl methyl sites for hydroxylation is 1. The van der Waals surface area contributed by atoms with E-state index >= 15 is 0 Å². The zero-order valence-electron chi connectivity index (χ0n) is 12.3. The normalized spacial score (nSPS) is 15.8. The van der Waals surface area contributed by atoms with Crippen molar-refractivity contribution < 1.29 is 14.7 Å². The van der Waals surface area contributed by atoms with E-state index in [0.29, 0.717) is 24.6 Å². The molecule has 0 aromatic heterocycles. The van der Waals surface area contributed by atoms with Crippen LogP contribution in [0.25, 0.3) is 0 Å². The van der Waals surface area contributed by atoms with Crippen molar-refractivity contribution in [1.82, 2.24) is 10.2 Å². The van der Waals surface area contributed by atoms with Crippen molar-refractivity contribution in [2.75, 3.05) is 26.2 Å². The van der Waals surface area contributed by atoms with Crippen LogP contribution in [0.4, 0.5) is 0 Å². The van der Waals surface area contributed by atoms with Crippen LogP contribution < -0.4 is 5.32 Å². The van der Waals surface area contributed by atoms with Gasteiger partial charge < -0.3 is 15.3 Å². The Kier molecular flexibility index (Phi) is 5.33. The highest BCUT2D eigenvalue weighted by molar-refractivity contribution is 5.96. The number of benzene rings is 1. The molecule has 5 heteroatoms. The predicted molar refractivity (Wildman–Crippen MR) is 79.9 cm³/mol. The van der Waals surface area contributed by atoms with Gasteiger partial charge >= 0.3 is 0 Å². The molecule has 0 aliphatic carbocycles. The first-order valence-electron chi connectivity index (χ1n) is 7.33. The van der Waals surface area contributed by atoms with Gasteiger partial charge in [-0.05, 0) is 37.8 Å². The van der Waals surface area contributed by atoms with Crippen LogP contribution in [0, 0.1) is 12.8 Å². The van der Waals surface area contributed by atoms with Crippen LogP contribution in [-0.4, -0.2) is 48.1 Å². The average molecular weight is 290 g/mol. The Bertz CT molecular complexity index is 491. The SMILES string of the molecule is Cc1ccc(C(=O)NCC(=O)N2CCC(CO)CC2)cc1. The van der Waals surface area contributed by atoms with Gasteiger partial charge in [-0.1, -0.05) is 17.7 Å². The third-order valence-electron chi connectivity index (χ3n) is 3.94. The number of likely N-dealkylation sites (tertiary alicyclic amines) is 1. The van der Waals surface area contributed by atoms with Crippen molar-refractivity contribution in [3.05, 3.63) is 35.4 Å². The van der Waals surface area contributed by atoms with Crippen LogP contribution in [-0.2, 0) is 4.79 Å². The van der Waals surface area contributed by atoms with Gasteiger partial charge in [0.15, 0.2) is 0 Å². The number of amides is 2. The summed E-state index contributed by atoms with van der Waals surface area (Å²) in [7, 11) is 0. The molecule has 1 saturated heterocycles. The van der Waals surface area contributed by atoms with Gasteiger partial charge in [0.1, 0.15) is 0 Å². The molecule has 5 nitrogen and oxygen atoms in total. The predicted octanol–water partition coefficient (Wildman–Crippen LogP) is 0.956. The molecular formula is C16H22N2O3. The molecule has 1 aliphatic rings. The van der Waals surface area contributed by atoms with Gasteiger partial charge in [0, 0.05) is 25.3 Å². The van der Waals surface area contributed by atoms with Gasteiger partial charge in [0.25, 0.3) is 5.91 Å². The molecule has 2 amide bonds. The zero-order valence-corrected chi connectivity index (χ0v) is 12.3. The first kappa shape index (κ1) is 15.5. The van der Waals surface area contributed by atoms with Crippen LogP contribution >= 0.6 is 0 Å². The number of nitrogens with zero attached hydrogens (tertiary/aromatic N) is 1. The Hall–Kier alpha value is -1.88. The molecule has 0 bridgehead atoms. The first-order valence-corrected chi connectivity index (χ1v) is 7.33. The van der Waals surface area contributed by atoms with Gasteiger partial charge in [-0.2, -0.15) is 0 Å². The van der Waals surface area contributed by atoms with E-state index in [1.165, 1.54) is 0 Å². The Morgan fingerprint density at radius 3 is 2.43 bits per heavy atom. The van der Waals surface area contributed by atoms with Crippen molar-refractivity contribution in [3.8, 4) is 0 Å². The second-order valence-electron chi connectivity index (χ2n) is 5.56. The third-order valence-corrected chi connectivity index (χ3v) is 3.94. The fourth-order valence-corrected chi connectivity index (χ4v) is 2.44. The molecule has 21 heavy (non-hydrogen) atoms. The highest BCUT2D eigenvalue weighted by Gasteiger charge is 2.22. The van der Waals surface area contributed by atoms with Gasteiger partial charge in [0.2, 0.25) is 5.91 Å². The highest BCUT2D eigenvalue weighted by Crippen LogP contribution is 2.16. The smallest absolute Gasteiger partial charge is 0.251 e. The molecule has 2 N–H and O–H groups in total.